The Kier molecular flexibility index (Phi) is 1.92. The maximum absolute atomic E-state index is 11.2. The van der Waals surface area contributed by atoms with E-state index in [-0.39, 0.29) is 0 Å². The number of hydrogen-bond acceptors (Lipinski definition) is 2. The van der Waals surface area contributed by atoms with Crippen molar-refractivity contribution in [2.24, 2.45) is 5.92 Å². The van der Waals surface area contributed by atoms with Gasteiger partial charge in [0, 0.05) is 10.7 Å². The standard InChI is InChI=1S/C8H13ClO2S/c9-12(10,11)8(4-5-8)6-7-2-1-3-7/h7H,1-6H2. The van der Waals surface area contributed by atoms with E-state index in [4.69, 9.17) is 10.7 Å². The van der Waals surface area contributed by atoms with Crippen molar-refractivity contribution in [3.8, 4) is 0 Å². The van der Waals surface area contributed by atoms with Crippen molar-refractivity contribution in [2.45, 2.75) is 43.3 Å². The van der Waals surface area contributed by atoms with Crippen molar-refractivity contribution in [1.82, 2.24) is 0 Å². The number of halogens is 1. The van der Waals surface area contributed by atoms with E-state index in [1.807, 2.05) is 0 Å². The van der Waals surface area contributed by atoms with E-state index in [9.17, 15) is 8.42 Å². The van der Waals surface area contributed by atoms with Crippen LogP contribution >= 0.6 is 10.7 Å². The van der Waals surface area contributed by atoms with Gasteiger partial charge in [0.05, 0.1) is 4.75 Å². The predicted octanol–water partition coefficient (Wildman–Crippen LogP) is 2.28. The number of hydrogen-bond donors (Lipinski definition) is 0. The zero-order chi connectivity index (χ0) is 8.82. The summed E-state index contributed by atoms with van der Waals surface area (Å²) in [5.74, 6) is 0.640. The van der Waals surface area contributed by atoms with Gasteiger partial charge in [-0.15, -0.1) is 0 Å². The second-order valence-corrected chi connectivity index (χ2v) is 7.08. The van der Waals surface area contributed by atoms with Crippen molar-refractivity contribution in [1.29, 1.82) is 0 Å². The van der Waals surface area contributed by atoms with Crippen molar-refractivity contribution in [3.63, 3.8) is 0 Å². The van der Waals surface area contributed by atoms with Gasteiger partial charge in [-0.25, -0.2) is 8.42 Å². The highest BCUT2D eigenvalue weighted by molar-refractivity contribution is 8.15. The van der Waals surface area contributed by atoms with Gasteiger partial charge in [-0.05, 0) is 25.2 Å². The van der Waals surface area contributed by atoms with Crippen LogP contribution in [0.5, 0.6) is 0 Å². The second kappa shape index (κ2) is 2.61. The lowest BCUT2D eigenvalue weighted by atomic mass is 9.81. The van der Waals surface area contributed by atoms with Gasteiger partial charge in [-0.2, -0.15) is 0 Å². The topological polar surface area (TPSA) is 34.1 Å². The minimum Gasteiger partial charge on any atom is -0.212 e. The summed E-state index contributed by atoms with van der Waals surface area (Å²) < 4.78 is 21.8. The molecule has 0 radical (unpaired) electrons. The third kappa shape index (κ3) is 1.37. The maximum atomic E-state index is 11.2. The molecule has 12 heavy (non-hydrogen) atoms. The first kappa shape index (κ1) is 8.82. The molecule has 4 heteroatoms. The Morgan fingerprint density at radius 1 is 1.33 bits per heavy atom. The highest BCUT2D eigenvalue weighted by Crippen LogP contribution is 2.52. The molecule has 0 aromatic heterocycles. The van der Waals surface area contributed by atoms with Gasteiger partial charge in [0.15, 0.2) is 0 Å². The monoisotopic (exact) mass is 208 g/mol. The van der Waals surface area contributed by atoms with Gasteiger partial charge < -0.3 is 0 Å². The van der Waals surface area contributed by atoms with Gasteiger partial charge in [-0.3, -0.25) is 0 Å². The van der Waals surface area contributed by atoms with Crippen LogP contribution in [0.2, 0.25) is 0 Å². The summed E-state index contributed by atoms with van der Waals surface area (Å²) in [6, 6.07) is 0. The minimum atomic E-state index is -3.29. The molecule has 0 bridgehead atoms. The largest absolute Gasteiger partial charge is 0.238 e. The Hall–Kier alpha value is 0.240. The summed E-state index contributed by atoms with van der Waals surface area (Å²) in [5, 5.41) is 0. The molecule has 0 unspecified atom stereocenters. The summed E-state index contributed by atoms with van der Waals surface area (Å²) in [5.41, 5.74) is 0. The van der Waals surface area contributed by atoms with Gasteiger partial charge in [0.2, 0.25) is 9.05 Å². The molecule has 2 saturated carbocycles. The third-order valence-corrected chi connectivity index (χ3v) is 5.80. The average Bonchev–Trinajstić information content (AvgIpc) is 2.56. The SMILES string of the molecule is O=S(=O)(Cl)C1(CC2CCC2)CC1. The zero-order valence-corrected chi connectivity index (χ0v) is 8.50. The third-order valence-electron chi connectivity index (χ3n) is 3.21. The van der Waals surface area contributed by atoms with Crippen LogP contribution in [0.15, 0.2) is 0 Å². The van der Waals surface area contributed by atoms with Gasteiger partial charge in [0.1, 0.15) is 0 Å². The maximum Gasteiger partial charge on any atom is 0.238 e. The fourth-order valence-electron chi connectivity index (χ4n) is 1.91. The minimum absolute atomic E-state index is 0.500. The van der Waals surface area contributed by atoms with Crippen LogP contribution in [0.25, 0.3) is 0 Å². The normalized spacial score (nSPS) is 28.1. The molecule has 2 aliphatic rings. The van der Waals surface area contributed by atoms with Crippen molar-refractivity contribution in [3.05, 3.63) is 0 Å². The van der Waals surface area contributed by atoms with E-state index in [0.717, 1.165) is 19.3 Å². The second-order valence-electron chi connectivity index (χ2n) is 4.12. The van der Waals surface area contributed by atoms with Crippen LogP contribution < -0.4 is 0 Å². The van der Waals surface area contributed by atoms with E-state index >= 15 is 0 Å². The highest BCUT2D eigenvalue weighted by Gasteiger charge is 2.54. The first-order chi connectivity index (χ1) is 5.54. The van der Waals surface area contributed by atoms with Crippen molar-refractivity contribution < 1.29 is 8.42 Å². The van der Waals surface area contributed by atoms with E-state index in [0.29, 0.717) is 5.92 Å². The first-order valence-corrected chi connectivity index (χ1v) is 6.79. The lowest BCUT2D eigenvalue weighted by Crippen LogP contribution is -2.25. The van der Waals surface area contributed by atoms with Crippen molar-refractivity contribution in [2.75, 3.05) is 0 Å². The molecule has 0 spiro atoms. The Labute approximate surface area is 77.7 Å². The van der Waals surface area contributed by atoms with E-state index < -0.39 is 13.8 Å². The lowest BCUT2D eigenvalue weighted by molar-refractivity contribution is 0.287. The average molecular weight is 209 g/mol. The Balaban J connectivity index is 2.02. The van der Waals surface area contributed by atoms with Gasteiger partial charge >= 0.3 is 0 Å². The molecule has 2 nitrogen and oxygen atoms in total. The summed E-state index contributed by atoms with van der Waals surface area (Å²) in [7, 11) is 2.09. The molecule has 0 aliphatic heterocycles. The molecule has 0 aromatic rings. The van der Waals surface area contributed by atoms with Crippen molar-refractivity contribution >= 4 is 19.7 Å². The molecule has 0 aromatic carbocycles. The molecule has 70 valence electrons. The Morgan fingerprint density at radius 2 is 1.92 bits per heavy atom. The van der Waals surface area contributed by atoms with Gasteiger partial charge in [-0.1, -0.05) is 19.3 Å². The zero-order valence-electron chi connectivity index (χ0n) is 6.92. The summed E-state index contributed by atoms with van der Waals surface area (Å²) >= 11 is 0. The van der Waals surface area contributed by atoms with Crippen LogP contribution in [0.1, 0.15) is 38.5 Å². The van der Waals surface area contributed by atoms with E-state index in [1.165, 1.54) is 19.3 Å². The number of rotatable bonds is 3. The van der Waals surface area contributed by atoms with Gasteiger partial charge in [0.25, 0.3) is 0 Å². The predicted molar refractivity (Wildman–Crippen MR) is 48.7 cm³/mol. The molecule has 0 amide bonds. The molecule has 2 fully saturated rings. The highest BCUT2D eigenvalue weighted by atomic mass is 35.7. The molecule has 0 saturated heterocycles. The first-order valence-electron chi connectivity index (χ1n) is 4.48. The molecular weight excluding hydrogens is 196 g/mol. The quantitative estimate of drug-likeness (QED) is 0.667. The van der Waals surface area contributed by atoms with Crippen LogP contribution in [-0.4, -0.2) is 13.2 Å². The fraction of sp³-hybridized carbons (Fsp3) is 1.00. The molecule has 0 heterocycles. The Bertz CT molecular complexity index is 275. The summed E-state index contributed by atoms with van der Waals surface area (Å²) in [6.45, 7) is 0. The van der Waals surface area contributed by atoms with Crippen LogP contribution in [0.4, 0.5) is 0 Å². The Morgan fingerprint density at radius 3 is 2.17 bits per heavy atom. The van der Waals surface area contributed by atoms with Crippen LogP contribution in [0.3, 0.4) is 0 Å². The lowest BCUT2D eigenvalue weighted by Gasteiger charge is -2.28. The smallest absolute Gasteiger partial charge is 0.212 e. The molecule has 0 atom stereocenters. The van der Waals surface area contributed by atoms with E-state index in [1.54, 1.807) is 0 Å². The van der Waals surface area contributed by atoms with Crippen LogP contribution in [-0.2, 0) is 9.05 Å². The molecule has 0 N–H and O–H groups in total. The van der Waals surface area contributed by atoms with E-state index in [2.05, 4.69) is 0 Å². The van der Waals surface area contributed by atoms with Crippen LogP contribution in [0, 0.1) is 5.92 Å². The summed E-state index contributed by atoms with van der Waals surface area (Å²) in [6.07, 6.45) is 6.06. The molecular formula is C8H13ClO2S. The fourth-order valence-corrected chi connectivity index (χ4v) is 3.59. The summed E-state index contributed by atoms with van der Waals surface area (Å²) in [4.78, 5) is 0. The molecule has 2 aliphatic carbocycles. The molecule has 2 rings (SSSR count).